The first kappa shape index (κ1) is 10.4. The summed E-state index contributed by atoms with van der Waals surface area (Å²) in [6.07, 6.45) is 1.81. The summed E-state index contributed by atoms with van der Waals surface area (Å²) in [5.41, 5.74) is 2.18. The fourth-order valence-electron chi connectivity index (χ4n) is 2.16. The van der Waals surface area contributed by atoms with Crippen molar-refractivity contribution in [3.8, 4) is 11.3 Å². The summed E-state index contributed by atoms with van der Waals surface area (Å²) in [5.74, 6) is 0.868. The predicted molar refractivity (Wildman–Crippen MR) is 67.0 cm³/mol. The maximum absolute atomic E-state index is 5.39. The molecule has 0 atom stereocenters. The first-order valence-electron chi connectivity index (χ1n) is 5.91. The Morgan fingerprint density at radius 2 is 1.88 bits per heavy atom. The SMILES string of the molecule is c1ccc(-c2oncc2N2CCNCC2)cc1. The van der Waals surface area contributed by atoms with Gasteiger partial charge in [0.15, 0.2) is 5.76 Å². The Kier molecular flexibility index (Phi) is 2.80. The molecule has 1 aromatic heterocycles. The summed E-state index contributed by atoms with van der Waals surface area (Å²) in [6.45, 7) is 4.03. The number of benzene rings is 1. The molecule has 2 heterocycles. The molecule has 0 radical (unpaired) electrons. The van der Waals surface area contributed by atoms with Gasteiger partial charge in [0, 0.05) is 31.7 Å². The maximum Gasteiger partial charge on any atom is 0.190 e. The van der Waals surface area contributed by atoms with Gasteiger partial charge in [-0.25, -0.2) is 0 Å². The van der Waals surface area contributed by atoms with E-state index in [1.807, 2.05) is 36.5 Å². The van der Waals surface area contributed by atoms with E-state index in [1.54, 1.807) is 0 Å². The third-order valence-electron chi connectivity index (χ3n) is 3.05. The van der Waals surface area contributed by atoms with Crippen LogP contribution in [-0.2, 0) is 0 Å². The molecule has 4 heteroatoms. The van der Waals surface area contributed by atoms with Gasteiger partial charge < -0.3 is 14.7 Å². The second-order valence-electron chi connectivity index (χ2n) is 4.14. The van der Waals surface area contributed by atoms with E-state index >= 15 is 0 Å². The zero-order valence-corrected chi connectivity index (χ0v) is 9.60. The van der Waals surface area contributed by atoms with Crippen LogP contribution in [0.15, 0.2) is 41.1 Å². The van der Waals surface area contributed by atoms with Gasteiger partial charge in [-0.05, 0) is 0 Å². The Balaban J connectivity index is 1.93. The summed E-state index contributed by atoms with van der Waals surface area (Å²) in [4.78, 5) is 2.31. The first-order chi connectivity index (χ1) is 8.45. The average molecular weight is 229 g/mol. The first-order valence-corrected chi connectivity index (χ1v) is 5.91. The minimum atomic E-state index is 0.868. The molecular weight excluding hydrogens is 214 g/mol. The van der Waals surface area contributed by atoms with Crippen LogP contribution in [-0.4, -0.2) is 31.3 Å². The molecule has 4 nitrogen and oxygen atoms in total. The number of hydrogen-bond acceptors (Lipinski definition) is 4. The number of rotatable bonds is 2. The van der Waals surface area contributed by atoms with Crippen molar-refractivity contribution in [1.82, 2.24) is 10.5 Å². The van der Waals surface area contributed by atoms with Gasteiger partial charge in [-0.15, -0.1) is 0 Å². The highest BCUT2D eigenvalue weighted by atomic mass is 16.5. The molecule has 1 fully saturated rings. The average Bonchev–Trinajstić information content (AvgIpc) is 2.90. The third-order valence-corrected chi connectivity index (χ3v) is 3.05. The maximum atomic E-state index is 5.39. The highest BCUT2D eigenvalue weighted by Gasteiger charge is 2.18. The molecule has 88 valence electrons. The molecule has 2 aromatic rings. The van der Waals surface area contributed by atoms with Crippen LogP contribution < -0.4 is 10.2 Å². The van der Waals surface area contributed by atoms with Gasteiger partial charge in [-0.2, -0.15) is 0 Å². The molecule has 1 N–H and O–H groups in total. The van der Waals surface area contributed by atoms with Crippen LogP contribution in [0.5, 0.6) is 0 Å². The van der Waals surface area contributed by atoms with Gasteiger partial charge in [-0.3, -0.25) is 0 Å². The lowest BCUT2D eigenvalue weighted by Crippen LogP contribution is -2.43. The van der Waals surface area contributed by atoms with Crippen molar-refractivity contribution < 1.29 is 4.52 Å². The largest absolute Gasteiger partial charge is 0.365 e. The fraction of sp³-hybridized carbons (Fsp3) is 0.308. The van der Waals surface area contributed by atoms with Crippen molar-refractivity contribution >= 4 is 5.69 Å². The molecule has 1 aliphatic rings. The molecule has 0 unspecified atom stereocenters. The summed E-state index contributed by atoms with van der Waals surface area (Å²) in [5, 5.41) is 7.28. The number of piperazine rings is 1. The predicted octanol–water partition coefficient (Wildman–Crippen LogP) is 1.75. The van der Waals surface area contributed by atoms with Crippen molar-refractivity contribution in [2.24, 2.45) is 0 Å². The van der Waals surface area contributed by atoms with E-state index in [9.17, 15) is 0 Å². The number of aromatic nitrogens is 1. The Morgan fingerprint density at radius 1 is 1.12 bits per heavy atom. The molecule has 1 saturated heterocycles. The smallest absolute Gasteiger partial charge is 0.190 e. The highest BCUT2D eigenvalue weighted by molar-refractivity contribution is 5.72. The monoisotopic (exact) mass is 229 g/mol. The van der Waals surface area contributed by atoms with E-state index in [1.165, 1.54) is 0 Å². The lowest BCUT2D eigenvalue weighted by atomic mass is 10.1. The highest BCUT2D eigenvalue weighted by Crippen LogP contribution is 2.30. The van der Waals surface area contributed by atoms with Crippen LogP contribution in [0.25, 0.3) is 11.3 Å². The molecule has 1 aromatic carbocycles. The van der Waals surface area contributed by atoms with E-state index in [4.69, 9.17) is 4.52 Å². The van der Waals surface area contributed by atoms with Crippen LogP contribution >= 0.6 is 0 Å². The molecular formula is C13H15N3O. The fourth-order valence-corrected chi connectivity index (χ4v) is 2.16. The minimum absolute atomic E-state index is 0.868. The second-order valence-corrected chi connectivity index (χ2v) is 4.14. The van der Waals surface area contributed by atoms with E-state index in [2.05, 4.69) is 15.4 Å². The lowest BCUT2D eigenvalue weighted by Gasteiger charge is -2.28. The summed E-state index contributed by atoms with van der Waals surface area (Å²) >= 11 is 0. The van der Waals surface area contributed by atoms with Crippen LogP contribution in [0.2, 0.25) is 0 Å². The topological polar surface area (TPSA) is 41.3 Å². The van der Waals surface area contributed by atoms with Crippen LogP contribution in [0.1, 0.15) is 0 Å². The summed E-state index contributed by atoms with van der Waals surface area (Å²) < 4.78 is 5.39. The molecule has 0 bridgehead atoms. The standard InChI is InChI=1S/C13H15N3O/c1-2-4-11(5-3-1)13-12(10-15-17-13)16-8-6-14-7-9-16/h1-5,10,14H,6-9H2. The Labute approximate surface area is 100 Å². The Hall–Kier alpha value is -1.81. The van der Waals surface area contributed by atoms with Crippen molar-refractivity contribution in [3.63, 3.8) is 0 Å². The second kappa shape index (κ2) is 4.59. The number of nitrogens with zero attached hydrogens (tertiary/aromatic N) is 2. The van der Waals surface area contributed by atoms with Gasteiger partial charge in [-0.1, -0.05) is 35.5 Å². The number of nitrogens with one attached hydrogen (secondary N) is 1. The van der Waals surface area contributed by atoms with E-state index in [-0.39, 0.29) is 0 Å². The Bertz CT molecular complexity index is 474. The Morgan fingerprint density at radius 3 is 2.65 bits per heavy atom. The molecule has 17 heavy (non-hydrogen) atoms. The third kappa shape index (κ3) is 2.03. The number of anilines is 1. The van der Waals surface area contributed by atoms with E-state index in [0.29, 0.717) is 0 Å². The van der Waals surface area contributed by atoms with Gasteiger partial charge >= 0.3 is 0 Å². The van der Waals surface area contributed by atoms with E-state index < -0.39 is 0 Å². The summed E-state index contributed by atoms with van der Waals surface area (Å²) in [7, 11) is 0. The van der Waals surface area contributed by atoms with Crippen molar-refractivity contribution in [2.75, 3.05) is 31.1 Å². The quantitative estimate of drug-likeness (QED) is 0.851. The minimum Gasteiger partial charge on any atom is -0.365 e. The van der Waals surface area contributed by atoms with Gasteiger partial charge in [0.05, 0.1) is 6.20 Å². The lowest BCUT2D eigenvalue weighted by molar-refractivity contribution is 0.432. The van der Waals surface area contributed by atoms with Gasteiger partial charge in [0.1, 0.15) is 5.69 Å². The molecule has 3 rings (SSSR count). The number of hydrogen-bond donors (Lipinski definition) is 1. The van der Waals surface area contributed by atoms with E-state index in [0.717, 1.165) is 43.2 Å². The van der Waals surface area contributed by atoms with Crippen molar-refractivity contribution in [2.45, 2.75) is 0 Å². The van der Waals surface area contributed by atoms with Gasteiger partial charge in [0.25, 0.3) is 0 Å². The molecule has 1 aliphatic heterocycles. The van der Waals surface area contributed by atoms with Crippen LogP contribution in [0, 0.1) is 0 Å². The van der Waals surface area contributed by atoms with Crippen molar-refractivity contribution in [3.05, 3.63) is 36.5 Å². The molecule has 0 aliphatic carbocycles. The molecule has 0 amide bonds. The van der Waals surface area contributed by atoms with Crippen LogP contribution in [0.3, 0.4) is 0 Å². The molecule has 0 saturated carbocycles. The zero-order chi connectivity index (χ0) is 11.5. The molecule has 0 spiro atoms. The van der Waals surface area contributed by atoms with Crippen LogP contribution in [0.4, 0.5) is 5.69 Å². The summed E-state index contributed by atoms with van der Waals surface area (Å²) in [6, 6.07) is 10.1. The zero-order valence-electron chi connectivity index (χ0n) is 9.60. The van der Waals surface area contributed by atoms with Crippen molar-refractivity contribution in [1.29, 1.82) is 0 Å². The normalized spacial score (nSPS) is 16.1. The van der Waals surface area contributed by atoms with Gasteiger partial charge in [0.2, 0.25) is 0 Å².